The van der Waals surface area contributed by atoms with Crippen molar-refractivity contribution in [1.29, 1.82) is 0 Å². The average Bonchev–Trinajstić information content (AvgIpc) is 3.31. The molecule has 8 heteroatoms. The minimum atomic E-state index is -0.346. The van der Waals surface area contributed by atoms with Crippen LogP contribution in [-0.4, -0.2) is 49.3 Å². The third kappa shape index (κ3) is 7.47. The number of carbonyl (C=O) groups excluding carboxylic acids is 2. The lowest BCUT2D eigenvalue weighted by molar-refractivity contribution is -0.120. The number of hydrogen-bond acceptors (Lipinski definition) is 6. The van der Waals surface area contributed by atoms with Crippen molar-refractivity contribution in [3.05, 3.63) is 48.0 Å². The summed E-state index contributed by atoms with van der Waals surface area (Å²) in [5, 5.41) is 12.2. The fraction of sp³-hybridized carbons (Fsp3) is 0.444. The highest BCUT2D eigenvalue weighted by molar-refractivity contribution is 5.96. The number of amides is 2. The molecule has 1 heterocycles. The predicted octanol–water partition coefficient (Wildman–Crippen LogP) is 4.76. The van der Waals surface area contributed by atoms with Crippen molar-refractivity contribution in [3.63, 3.8) is 0 Å². The number of hydrazone groups is 1. The van der Waals surface area contributed by atoms with Gasteiger partial charge < -0.3 is 20.1 Å². The van der Waals surface area contributed by atoms with E-state index in [4.69, 9.17) is 9.47 Å². The number of anilines is 2. The third-order valence-corrected chi connectivity index (χ3v) is 5.59. The van der Waals surface area contributed by atoms with Crippen molar-refractivity contribution >= 4 is 29.4 Å². The molecule has 2 aromatic rings. The standard InChI is InChI=1S/C27H36N4O4/c1-18(2)17-35-25-15-20(8-13-24(25)34-5)16-28-31-14-6-7-23(31)27(33)30-22-11-9-21(10-12-22)29-26(32)19(3)4/h8-13,15-16,18-19,23H,6-7,14,17H2,1-5H3,(H,29,32)(H,30,33)/b28-16+/t23-/m0/s1. The molecule has 1 saturated heterocycles. The van der Waals surface area contributed by atoms with E-state index in [1.165, 1.54) is 0 Å². The van der Waals surface area contributed by atoms with E-state index in [0.717, 1.165) is 18.4 Å². The molecule has 2 N–H and O–H groups in total. The van der Waals surface area contributed by atoms with Crippen LogP contribution in [0.2, 0.25) is 0 Å². The maximum Gasteiger partial charge on any atom is 0.248 e. The minimum Gasteiger partial charge on any atom is -0.493 e. The number of methoxy groups -OCH3 is 1. The van der Waals surface area contributed by atoms with Crippen molar-refractivity contribution in [3.8, 4) is 11.5 Å². The van der Waals surface area contributed by atoms with Crippen LogP contribution in [-0.2, 0) is 9.59 Å². The molecule has 8 nitrogen and oxygen atoms in total. The van der Waals surface area contributed by atoms with Gasteiger partial charge in [-0.3, -0.25) is 14.6 Å². The molecular weight excluding hydrogens is 444 g/mol. The molecule has 0 aromatic heterocycles. The second kappa shape index (κ2) is 12.2. The molecule has 0 saturated carbocycles. The lowest BCUT2D eigenvalue weighted by Crippen LogP contribution is -2.36. The minimum absolute atomic E-state index is 0.0447. The fourth-order valence-corrected chi connectivity index (χ4v) is 3.59. The molecule has 1 fully saturated rings. The SMILES string of the molecule is COc1ccc(/C=N/N2CCC[C@H]2C(=O)Nc2ccc(NC(=O)C(C)C)cc2)cc1OCC(C)C. The Hall–Kier alpha value is -3.55. The van der Waals surface area contributed by atoms with Gasteiger partial charge in [0.15, 0.2) is 11.5 Å². The zero-order valence-corrected chi connectivity index (χ0v) is 21.2. The molecule has 0 unspecified atom stereocenters. The first-order valence-electron chi connectivity index (χ1n) is 12.1. The van der Waals surface area contributed by atoms with E-state index < -0.39 is 0 Å². The molecule has 1 atom stereocenters. The Morgan fingerprint density at radius 3 is 2.37 bits per heavy atom. The third-order valence-electron chi connectivity index (χ3n) is 5.59. The van der Waals surface area contributed by atoms with Crippen LogP contribution < -0.4 is 20.1 Å². The van der Waals surface area contributed by atoms with E-state index in [-0.39, 0.29) is 23.8 Å². The Morgan fingerprint density at radius 2 is 1.74 bits per heavy atom. The summed E-state index contributed by atoms with van der Waals surface area (Å²) in [5.41, 5.74) is 2.25. The van der Waals surface area contributed by atoms with Crippen LogP contribution in [0.5, 0.6) is 11.5 Å². The van der Waals surface area contributed by atoms with Gasteiger partial charge in [-0.1, -0.05) is 27.7 Å². The van der Waals surface area contributed by atoms with Gasteiger partial charge in [-0.25, -0.2) is 0 Å². The van der Waals surface area contributed by atoms with Crippen molar-refractivity contribution in [2.75, 3.05) is 30.9 Å². The van der Waals surface area contributed by atoms with E-state index >= 15 is 0 Å². The maximum absolute atomic E-state index is 12.9. The van der Waals surface area contributed by atoms with E-state index in [9.17, 15) is 9.59 Å². The molecule has 2 amide bonds. The van der Waals surface area contributed by atoms with Crippen LogP contribution in [0.15, 0.2) is 47.6 Å². The molecular formula is C27H36N4O4. The summed E-state index contributed by atoms with van der Waals surface area (Å²) in [7, 11) is 1.62. The number of nitrogens with one attached hydrogen (secondary N) is 2. The van der Waals surface area contributed by atoms with Crippen LogP contribution in [0, 0.1) is 11.8 Å². The summed E-state index contributed by atoms with van der Waals surface area (Å²) >= 11 is 0. The van der Waals surface area contributed by atoms with Gasteiger partial charge in [0, 0.05) is 23.8 Å². The van der Waals surface area contributed by atoms with E-state index in [1.54, 1.807) is 37.6 Å². The zero-order valence-electron chi connectivity index (χ0n) is 21.2. The Bertz CT molecular complexity index is 1030. The summed E-state index contributed by atoms with van der Waals surface area (Å²) in [6.07, 6.45) is 3.37. The number of benzene rings is 2. The molecule has 0 bridgehead atoms. The second-order valence-corrected chi connectivity index (χ2v) is 9.39. The molecule has 0 radical (unpaired) electrons. The Labute approximate surface area is 207 Å². The van der Waals surface area contributed by atoms with Gasteiger partial charge in [0.05, 0.1) is 19.9 Å². The van der Waals surface area contributed by atoms with Gasteiger partial charge in [-0.05, 0) is 66.8 Å². The molecule has 3 rings (SSSR count). The summed E-state index contributed by atoms with van der Waals surface area (Å²) in [5.74, 6) is 1.51. The van der Waals surface area contributed by atoms with Gasteiger partial charge in [0.25, 0.3) is 0 Å². The first-order chi connectivity index (χ1) is 16.8. The quantitative estimate of drug-likeness (QED) is 0.478. The van der Waals surface area contributed by atoms with Crippen molar-refractivity contribution in [1.82, 2.24) is 5.01 Å². The van der Waals surface area contributed by atoms with Crippen LogP contribution >= 0.6 is 0 Å². The Kier molecular flexibility index (Phi) is 9.11. The molecule has 0 aliphatic carbocycles. The fourth-order valence-electron chi connectivity index (χ4n) is 3.59. The second-order valence-electron chi connectivity index (χ2n) is 9.39. The highest BCUT2D eigenvalue weighted by Gasteiger charge is 2.29. The summed E-state index contributed by atoms with van der Waals surface area (Å²) in [4.78, 5) is 24.8. The number of ether oxygens (including phenoxy) is 2. The molecule has 2 aromatic carbocycles. The highest BCUT2D eigenvalue weighted by atomic mass is 16.5. The first-order valence-corrected chi connectivity index (χ1v) is 12.1. The number of nitrogens with zero attached hydrogens (tertiary/aromatic N) is 2. The first kappa shape index (κ1) is 26.1. The zero-order chi connectivity index (χ0) is 25.4. The smallest absolute Gasteiger partial charge is 0.248 e. The number of carbonyl (C=O) groups is 2. The van der Waals surface area contributed by atoms with E-state index in [1.807, 2.05) is 37.1 Å². The largest absolute Gasteiger partial charge is 0.493 e. The monoisotopic (exact) mass is 480 g/mol. The van der Waals surface area contributed by atoms with Gasteiger partial charge >= 0.3 is 0 Å². The van der Waals surface area contributed by atoms with Crippen molar-refractivity contribution in [2.24, 2.45) is 16.9 Å². The predicted molar refractivity (Wildman–Crippen MR) is 139 cm³/mol. The normalized spacial score (nSPS) is 15.6. The summed E-state index contributed by atoms with van der Waals surface area (Å²) in [6, 6.07) is 12.5. The van der Waals surface area contributed by atoms with Crippen LogP contribution in [0.3, 0.4) is 0 Å². The number of hydrogen-bond donors (Lipinski definition) is 2. The highest BCUT2D eigenvalue weighted by Crippen LogP contribution is 2.28. The maximum atomic E-state index is 12.9. The van der Waals surface area contributed by atoms with Crippen molar-refractivity contribution in [2.45, 2.75) is 46.6 Å². The van der Waals surface area contributed by atoms with Crippen LogP contribution in [0.25, 0.3) is 0 Å². The molecule has 1 aliphatic heterocycles. The Balaban J connectivity index is 1.62. The van der Waals surface area contributed by atoms with Crippen LogP contribution in [0.1, 0.15) is 46.1 Å². The van der Waals surface area contributed by atoms with Crippen LogP contribution in [0.4, 0.5) is 11.4 Å². The molecule has 188 valence electrons. The number of rotatable bonds is 10. The summed E-state index contributed by atoms with van der Waals surface area (Å²) < 4.78 is 11.3. The molecule has 1 aliphatic rings. The Morgan fingerprint density at radius 1 is 1.06 bits per heavy atom. The van der Waals surface area contributed by atoms with Gasteiger partial charge in [0.1, 0.15) is 6.04 Å². The van der Waals surface area contributed by atoms with Crippen molar-refractivity contribution < 1.29 is 19.1 Å². The lowest BCUT2D eigenvalue weighted by Gasteiger charge is -2.21. The van der Waals surface area contributed by atoms with Gasteiger partial charge in [0.2, 0.25) is 11.8 Å². The van der Waals surface area contributed by atoms with Gasteiger partial charge in [-0.15, -0.1) is 0 Å². The topological polar surface area (TPSA) is 92.3 Å². The molecule has 35 heavy (non-hydrogen) atoms. The van der Waals surface area contributed by atoms with E-state index in [0.29, 0.717) is 41.9 Å². The van der Waals surface area contributed by atoms with Gasteiger partial charge in [-0.2, -0.15) is 5.10 Å². The lowest BCUT2D eigenvalue weighted by atomic mass is 10.2. The molecule has 0 spiro atoms. The average molecular weight is 481 g/mol. The van der Waals surface area contributed by atoms with E-state index in [2.05, 4.69) is 29.6 Å². The summed E-state index contributed by atoms with van der Waals surface area (Å²) in [6.45, 7) is 9.17.